The van der Waals surface area contributed by atoms with Gasteiger partial charge in [0.05, 0.1) is 18.1 Å². The van der Waals surface area contributed by atoms with Crippen LogP contribution in [0.4, 0.5) is 5.95 Å². The fraction of sp³-hybridized carbons (Fsp3) is 0.533. The van der Waals surface area contributed by atoms with Crippen LogP contribution in [0.2, 0.25) is 0 Å². The van der Waals surface area contributed by atoms with Gasteiger partial charge < -0.3 is 15.0 Å². The lowest BCUT2D eigenvalue weighted by atomic mass is 10.1. The Hall–Kier alpha value is -1.71. The molecule has 0 aliphatic heterocycles. The van der Waals surface area contributed by atoms with E-state index in [1.54, 1.807) is 7.11 Å². The lowest BCUT2D eigenvalue weighted by molar-refractivity contribution is 0.415. The van der Waals surface area contributed by atoms with Crippen LogP contribution in [0.5, 0.6) is 5.75 Å². The van der Waals surface area contributed by atoms with Crippen molar-refractivity contribution in [1.82, 2.24) is 9.55 Å². The molecule has 1 aromatic carbocycles. The Bertz CT molecular complexity index is 546. The molecule has 19 heavy (non-hydrogen) atoms. The van der Waals surface area contributed by atoms with E-state index in [2.05, 4.69) is 23.4 Å². The number of benzene rings is 1. The van der Waals surface area contributed by atoms with Gasteiger partial charge >= 0.3 is 0 Å². The molecule has 0 unspecified atom stereocenters. The number of fused-ring (bicyclic) bond motifs is 1. The molecule has 0 radical (unpaired) electrons. The van der Waals surface area contributed by atoms with Crippen molar-refractivity contribution in [2.24, 2.45) is 5.92 Å². The minimum atomic E-state index is 0.591. The van der Waals surface area contributed by atoms with E-state index in [0.717, 1.165) is 35.7 Å². The second-order valence-electron chi connectivity index (χ2n) is 5.37. The van der Waals surface area contributed by atoms with Crippen molar-refractivity contribution in [3.63, 3.8) is 0 Å². The fourth-order valence-electron chi connectivity index (χ4n) is 2.31. The lowest BCUT2D eigenvalue weighted by Gasteiger charge is -2.08. The van der Waals surface area contributed by atoms with Crippen LogP contribution >= 0.6 is 0 Å². The summed E-state index contributed by atoms with van der Waals surface area (Å²) in [6.07, 6.45) is 3.63. The molecule has 2 rings (SSSR count). The maximum absolute atomic E-state index is 6.00. The standard InChI is InChI=1S/C15H23N3O/c1-11(2)6-4-5-9-18-14-8-7-12(19-3)10-13(14)17-15(18)16/h7-8,10-11H,4-6,9H2,1-3H3,(H2,16,17). The van der Waals surface area contributed by atoms with Gasteiger partial charge in [-0.25, -0.2) is 4.98 Å². The summed E-state index contributed by atoms with van der Waals surface area (Å²) < 4.78 is 7.30. The summed E-state index contributed by atoms with van der Waals surface area (Å²) >= 11 is 0. The molecule has 0 spiro atoms. The van der Waals surface area contributed by atoms with Crippen molar-refractivity contribution in [2.75, 3.05) is 12.8 Å². The summed E-state index contributed by atoms with van der Waals surface area (Å²) in [5.41, 5.74) is 7.99. The van der Waals surface area contributed by atoms with Crippen molar-refractivity contribution < 1.29 is 4.74 Å². The Balaban J connectivity index is 2.12. The number of hydrogen-bond donors (Lipinski definition) is 1. The van der Waals surface area contributed by atoms with E-state index in [-0.39, 0.29) is 0 Å². The Kier molecular flexibility index (Phi) is 4.30. The molecule has 0 amide bonds. The Labute approximate surface area is 114 Å². The van der Waals surface area contributed by atoms with Crippen molar-refractivity contribution in [2.45, 2.75) is 39.7 Å². The van der Waals surface area contributed by atoms with Crippen molar-refractivity contribution in [3.05, 3.63) is 18.2 Å². The molecule has 0 aliphatic carbocycles. The summed E-state index contributed by atoms with van der Waals surface area (Å²) in [7, 11) is 1.66. The first kappa shape index (κ1) is 13.7. The number of ether oxygens (including phenoxy) is 1. The molecular weight excluding hydrogens is 238 g/mol. The summed E-state index contributed by atoms with van der Waals surface area (Å²) in [5.74, 6) is 2.17. The number of methoxy groups -OCH3 is 1. The molecule has 104 valence electrons. The van der Waals surface area contributed by atoms with Crippen LogP contribution in [-0.2, 0) is 6.54 Å². The minimum absolute atomic E-state index is 0.591. The summed E-state index contributed by atoms with van der Waals surface area (Å²) in [6.45, 7) is 5.45. The average molecular weight is 261 g/mol. The molecule has 4 nitrogen and oxygen atoms in total. The maximum atomic E-state index is 6.00. The van der Waals surface area contributed by atoms with E-state index in [9.17, 15) is 0 Å². The number of rotatable bonds is 6. The van der Waals surface area contributed by atoms with Gasteiger partial charge in [-0.2, -0.15) is 0 Å². The predicted octanol–water partition coefficient (Wildman–Crippen LogP) is 3.45. The predicted molar refractivity (Wildman–Crippen MR) is 79.4 cm³/mol. The quantitative estimate of drug-likeness (QED) is 0.810. The van der Waals surface area contributed by atoms with Crippen molar-refractivity contribution >= 4 is 17.0 Å². The molecule has 2 N–H and O–H groups in total. The highest BCUT2D eigenvalue weighted by Crippen LogP contribution is 2.23. The zero-order chi connectivity index (χ0) is 13.8. The molecule has 0 bridgehead atoms. The highest BCUT2D eigenvalue weighted by molar-refractivity contribution is 5.79. The molecule has 1 aromatic heterocycles. The van der Waals surface area contributed by atoms with E-state index in [1.807, 2.05) is 18.2 Å². The number of unbranched alkanes of at least 4 members (excludes halogenated alkanes) is 1. The van der Waals surface area contributed by atoms with Gasteiger partial charge in [0.15, 0.2) is 0 Å². The van der Waals surface area contributed by atoms with Crippen LogP contribution in [0.1, 0.15) is 33.1 Å². The molecule has 1 heterocycles. The van der Waals surface area contributed by atoms with Crippen LogP contribution in [0, 0.1) is 5.92 Å². The molecule has 0 atom stereocenters. The summed E-state index contributed by atoms with van der Waals surface area (Å²) in [6, 6.07) is 5.91. The van der Waals surface area contributed by atoms with Gasteiger partial charge in [-0.15, -0.1) is 0 Å². The van der Waals surface area contributed by atoms with Gasteiger partial charge in [0.25, 0.3) is 0 Å². The van der Waals surface area contributed by atoms with Crippen LogP contribution in [0.15, 0.2) is 18.2 Å². The number of imidazole rings is 1. The highest BCUT2D eigenvalue weighted by atomic mass is 16.5. The number of hydrogen-bond acceptors (Lipinski definition) is 3. The van der Waals surface area contributed by atoms with E-state index < -0.39 is 0 Å². The van der Waals surface area contributed by atoms with E-state index in [1.165, 1.54) is 12.8 Å². The number of nitrogens with zero attached hydrogens (tertiary/aromatic N) is 2. The van der Waals surface area contributed by atoms with Crippen LogP contribution in [0.3, 0.4) is 0 Å². The van der Waals surface area contributed by atoms with Gasteiger partial charge in [0.2, 0.25) is 5.95 Å². The fourth-order valence-corrected chi connectivity index (χ4v) is 2.31. The van der Waals surface area contributed by atoms with E-state index >= 15 is 0 Å². The van der Waals surface area contributed by atoms with Crippen molar-refractivity contribution in [3.8, 4) is 5.75 Å². The highest BCUT2D eigenvalue weighted by Gasteiger charge is 2.08. The topological polar surface area (TPSA) is 53.1 Å². The van der Waals surface area contributed by atoms with Gasteiger partial charge in [-0.1, -0.05) is 26.7 Å². The molecule has 0 aliphatic rings. The minimum Gasteiger partial charge on any atom is -0.497 e. The SMILES string of the molecule is COc1ccc2c(c1)nc(N)n2CCCCC(C)C. The first-order valence-electron chi connectivity index (χ1n) is 6.91. The number of anilines is 1. The smallest absolute Gasteiger partial charge is 0.201 e. The molecule has 0 fully saturated rings. The maximum Gasteiger partial charge on any atom is 0.201 e. The zero-order valence-electron chi connectivity index (χ0n) is 12.0. The van der Waals surface area contributed by atoms with Crippen LogP contribution in [0.25, 0.3) is 11.0 Å². The van der Waals surface area contributed by atoms with Gasteiger partial charge in [-0.3, -0.25) is 0 Å². The lowest BCUT2D eigenvalue weighted by Crippen LogP contribution is -2.03. The number of aromatic nitrogens is 2. The Morgan fingerprint density at radius 1 is 1.32 bits per heavy atom. The number of nitrogens with two attached hydrogens (primary N) is 1. The van der Waals surface area contributed by atoms with E-state index in [4.69, 9.17) is 10.5 Å². The zero-order valence-corrected chi connectivity index (χ0v) is 12.0. The van der Waals surface area contributed by atoms with Gasteiger partial charge in [0.1, 0.15) is 5.75 Å². The second kappa shape index (κ2) is 5.95. The van der Waals surface area contributed by atoms with E-state index in [0.29, 0.717) is 5.95 Å². The van der Waals surface area contributed by atoms with Gasteiger partial charge in [-0.05, 0) is 24.5 Å². The molecule has 0 saturated heterocycles. The molecule has 0 saturated carbocycles. The molecular formula is C15H23N3O. The number of aryl methyl sites for hydroxylation is 1. The third kappa shape index (κ3) is 3.19. The molecule has 4 heteroatoms. The second-order valence-corrected chi connectivity index (χ2v) is 5.37. The first-order chi connectivity index (χ1) is 9.11. The van der Waals surface area contributed by atoms with Gasteiger partial charge in [0, 0.05) is 12.6 Å². The van der Waals surface area contributed by atoms with Crippen LogP contribution in [-0.4, -0.2) is 16.7 Å². The monoisotopic (exact) mass is 261 g/mol. The third-order valence-corrected chi connectivity index (χ3v) is 3.40. The molecule has 2 aromatic rings. The summed E-state index contributed by atoms with van der Waals surface area (Å²) in [5, 5.41) is 0. The number of nitrogen functional groups attached to an aromatic ring is 1. The Morgan fingerprint density at radius 2 is 2.11 bits per heavy atom. The third-order valence-electron chi connectivity index (χ3n) is 3.40. The Morgan fingerprint density at radius 3 is 2.79 bits per heavy atom. The van der Waals surface area contributed by atoms with Crippen molar-refractivity contribution in [1.29, 1.82) is 0 Å². The normalized spacial score (nSPS) is 11.4. The first-order valence-corrected chi connectivity index (χ1v) is 6.91. The average Bonchev–Trinajstić information content (AvgIpc) is 2.69. The van der Waals surface area contributed by atoms with Crippen LogP contribution < -0.4 is 10.5 Å². The largest absolute Gasteiger partial charge is 0.497 e. The summed E-state index contributed by atoms with van der Waals surface area (Å²) in [4.78, 5) is 4.40.